The Hall–Kier alpha value is -1.84. The van der Waals surface area contributed by atoms with Crippen LogP contribution in [0.5, 0.6) is 0 Å². The first-order valence-corrected chi connectivity index (χ1v) is 7.59. The zero-order valence-electron chi connectivity index (χ0n) is 12.6. The van der Waals surface area contributed by atoms with Crippen LogP contribution in [0, 0.1) is 5.92 Å². The number of hydrogen-bond donors (Lipinski definition) is 2. The van der Waals surface area contributed by atoms with Crippen molar-refractivity contribution < 1.29 is 14.7 Å². The maximum absolute atomic E-state index is 12.6. The molecule has 21 heavy (non-hydrogen) atoms. The van der Waals surface area contributed by atoms with E-state index in [2.05, 4.69) is 11.4 Å². The van der Waals surface area contributed by atoms with E-state index in [1.54, 1.807) is 0 Å². The van der Waals surface area contributed by atoms with Crippen LogP contribution >= 0.6 is 0 Å². The molecule has 0 heterocycles. The second-order valence-electron chi connectivity index (χ2n) is 6.10. The van der Waals surface area contributed by atoms with E-state index in [0.717, 1.165) is 24.8 Å². The Balaban J connectivity index is 2.11. The third-order valence-corrected chi connectivity index (χ3v) is 4.21. The molecule has 0 saturated carbocycles. The van der Waals surface area contributed by atoms with Crippen LogP contribution in [0.2, 0.25) is 0 Å². The van der Waals surface area contributed by atoms with E-state index in [1.165, 1.54) is 5.56 Å². The minimum atomic E-state index is -0.877. The number of carboxylic acid groups (broad SMARTS) is 1. The molecule has 1 aromatic rings. The van der Waals surface area contributed by atoms with Gasteiger partial charge in [-0.05, 0) is 36.3 Å². The molecular weight excluding hydrogens is 266 g/mol. The zero-order chi connectivity index (χ0) is 15.4. The summed E-state index contributed by atoms with van der Waals surface area (Å²) >= 11 is 0. The Morgan fingerprint density at radius 3 is 2.71 bits per heavy atom. The normalized spacial score (nSPS) is 18.9. The minimum absolute atomic E-state index is 0.0300. The van der Waals surface area contributed by atoms with Crippen molar-refractivity contribution in [2.45, 2.75) is 51.5 Å². The first kappa shape index (κ1) is 15.5. The lowest BCUT2D eigenvalue weighted by Crippen LogP contribution is -2.43. The summed E-state index contributed by atoms with van der Waals surface area (Å²) < 4.78 is 0. The molecule has 4 heteroatoms. The van der Waals surface area contributed by atoms with Gasteiger partial charge in [-0.15, -0.1) is 0 Å². The molecule has 2 N–H and O–H groups in total. The minimum Gasteiger partial charge on any atom is -0.481 e. The van der Waals surface area contributed by atoms with E-state index in [4.69, 9.17) is 5.11 Å². The molecule has 1 aliphatic carbocycles. The lowest BCUT2D eigenvalue weighted by molar-refractivity contribution is -0.138. The van der Waals surface area contributed by atoms with Crippen LogP contribution < -0.4 is 5.32 Å². The molecule has 2 atom stereocenters. The monoisotopic (exact) mass is 289 g/mol. The highest BCUT2D eigenvalue weighted by atomic mass is 16.4. The van der Waals surface area contributed by atoms with E-state index in [-0.39, 0.29) is 30.2 Å². The van der Waals surface area contributed by atoms with E-state index in [9.17, 15) is 9.59 Å². The summed E-state index contributed by atoms with van der Waals surface area (Å²) in [5, 5.41) is 11.9. The van der Waals surface area contributed by atoms with Crippen LogP contribution in [0.15, 0.2) is 24.3 Å². The Kier molecular flexibility index (Phi) is 4.99. The number of carboxylic acids is 1. The smallest absolute Gasteiger partial charge is 0.305 e. The van der Waals surface area contributed by atoms with Crippen molar-refractivity contribution in [3.05, 3.63) is 35.4 Å². The van der Waals surface area contributed by atoms with Crippen molar-refractivity contribution in [3.8, 4) is 0 Å². The lowest BCUT2D eigenvalue weighted by atomic mass is 9.82. The molecule has 2 unspecified atom stereocenters. The molecule has 0 bridgehead atoms. The number of fused-ring (bicyclic) bond motifs is 1. The molecule has 0 saturated heterocycles. The van der Waals surface area contributed by atoms with E-state index in [0.29, 0.717) is 0 Å². The van der Waals surface area contributed by atoms with Gasteiger partial charge in [-0.3, -0.25) is 9.59 Å². The summed E-state index contributed by atoms with van der Waals surface area (Å²) in [5.41, 5.74) is 2.34. The molecule has 0 aromatic heterocycles. The SMILES string of the molecule is CC(C)C(CC(=O)O)NC(=O)C1CCCc2ccccc21. The topological polar surface area (TPSA) is 66.4 Å². The maximum Gasteiger partial charge on any atom is 0.305 e. The predicted molar refractivity (Wildman–Crippen MR) is 81.1 cm³/mol. The molecule has 0 fully saturated rings. The fraction of sp³-hybridized carbons (Fsp3) is 0.529. The average Bonchev–Trinajstić information content (AvgIpc) is 2.45. The molecule has 0 spiro atoms. The third kappa shape index (κ3) is 3.84. The summed E-state index contributed by atoms with van der Waals surface area (Å²) in [6.07, 6.45) is 2.82. The number of amides is 1. The van der Waals surface area contributed by atoms with Gasteiger partial charge in [-0.25, -0.2) is 0 Å². The first-order chi connectivity index (χ1) is 9.99. The number of carbonyl (C=O) groups excluding carboxylic acids is 1. The highest BCUT2D eigenvalue weighted by Crippen LogP contribution is 2.31. The van der Waals surface area contributed by atoms with E-state index in [1.807, 2.05) is 32.0 Å². The van der Waals surface area contributed by atoms with Gasteiger partial charge < -0.3 is 10.4 Å². The fourth-order valence-corrected chi connectivity index (χ4v) is 2.95. The molecule has 0 aliphatic heterocycles. The summed E-state index contributed by atoms with van der Waals surface area (Å²) in [6.45, 7) is 3.87. The summed E-state index contributed by atoms with van der Waals surface area (Å²) in [4.78, 5) is 23.5. The van der Waals surface area contributed by atoms with Crippen LogP contribution in [0.4, 0.5) is 0 Å². The van der Waals surface area contributed by atoms with Crippen LogP contribution in [-0.4, -0.2) is 23.0 Å². The third-order valence-electron chi connectivity index (χ3n) is 4.21. The summed E-state index contributed by atoms with van der Waals surface area (Å²) in [7, 11) is 0. The average molecular weight is 289 g/mol. The largest absolute Gasteiger partial charge is 0.481 e. The second-order valence-corrected chi connectivity index (χ2v) is 6.10. The number of hydrogen-bond acceptors (Lipinski definition) is 2. The molecule has 4 nitrogen and oxygen atoms in total. The van der Waals surface area contributed by atoms with Crippen molar-refractivity contribution >= 4 is 11.9 Å². The molecular formula is C17H23NO3. The first-order valence-electron chi connectivity index (χ1n) is 7.59. The van der Waals surface area contributed by atoms with Gasteiger partial charge in [-0.1, -0.05) is 38.1 Å². The molecule has 1 aliphatic rings. The highest BCUT2D eigenvalue weighted by molar-refractivity contribution is 5.85. The van der Waals surface area contributed by atoms with Crippen molar-refractivity contribution in [2.75, 3.05) is 0 Å². The molecule has 1 aromatic carbocycles. The highest BCUT2D eigenvalue weighted by Gasteiger charge is 2.29. The van der Waals surface area contributed by atoms with Gasteiger partial charge in [0.1, 0.15) is 0 Å². The van der Waals surface area contributed by atoms with Gasteiger partial charge in [0.25, 0.3) is 0 Å². The number of aryl methyl sites for hydroxylation is 1. The van der Waals surface area contributed by atoms with Crippen LogP contribution in [0.1, 0.15) is 50.2 Å². The van der Waals surface area contributed by atoms with Gasteiger partial charge >= 0.3 is 5.97 Å². The predicted octanol–water partition coefficient (Wildman–Crippen LogP) is 2.72. The Bertz CT molecular complexity index is 525. The molecule has 114 valence electrons. The van der Waals surface area contributed by atoms with Crippen molar-refractivity contribution in [3.63, 3.8) is 0 Å². The number of nitrogens with one attached hydrogen (secondary N) is 1. The maximum atomic E-state index is 12.6. The van der Waals surface area contributed by atoms with Crippen LogP contribution in [0.25, 0.3) is 0 Å². The lowest BCUT2D eigenvalue weighted by Gasteiger charge is -2.28. The van der Waals surface area contributed by atoms with Gasteiger partial charge in [0.2, 0.25) is 5.91 Å². The van der Waals surface area contributed by atoms with Crippen molar-refractivity contribution in [2.24, 2.45) is 5.92 Å². The second kappa shape index (κ2) is 6.74. The summed E-state index contributed by atoms with van der Waals surface area (Å²) in [6, 6.07) is 7.73. The Labute approximate surface area is 125 Å². The van der Waals surface area contributed by atoms with Gasteiger partial charge in [0.05, 0.1) is 12.3 Å². The number of aliphatic carboxylic acids is 1. The number of benzene rings is 1. The molecule has 1 amide bonds. The van der Waals surface area contributed by atoms with Crippen LogP contribution in [-0.2, 0) is 16.0 Å². The van der Waals surface area contributed by atoms with Crippen molar-refractivity contribution in [1.82, 2.24) is 5.32 Å². The zero-order valence-corrected chi connectivity index (χ0v) is 12.6. The quantitative estimate of drug-likeness (QED) is 0.876. The van der Waals surface area contributed by atoms with Gasteiger partial charge in [0.15, 0.2) is 0 Å². The van der Waals surface area contributed by atoms with Crippen molar-refractivity contribution in [1.29, 1.82) is 0 Å². The van der Waals surface area contributed by atoms with E-state index < -0.39 is 5.97 Å². The van der Waals surface area contributed by atoms with Gasteiger partial charge in [-0.2, -0.15) is 0 Å². The van der Waals surface area contributed by atoms with Gasteiger partial charge in [0, 0.05) is 6.04 Å². The Morgan fingerprint density at radius 1 is 1.33 bits per heavy atom. The Morgan fingerprint density at radius 2 is 2.05 bits per heavy atom. The summed E-state index contributed by atoms with van der Waals surface area (Å²) in [5.74, 6) is -0.964. The molecule has 2 rings (SSSR count). The number of rotatable bonds is 5. The number of carbonyl (C=O) groups is 2. The fourth-order valence-electron chi connectivity index (χ4n) is 2.95. The van der Waals surface area contributed by atoms with Crippen LogP contribution in [0.3, 0.4) is 0 Å². The standard InChI is InChI=1S/C17H23NO3/c1-11(2)15(10-16(19)20)18-17(21)14-9-5-7-12-6-3-4-8-13(12)14/h3-4,6,8,11,14-15H,5,7,9-10H2,1-2H3,(H,18,21)(H,19,20). The van der Waals surface area contributed by atoms with E-state index >= 15 is 0 Å². The molecule has 0 radical (unpaired) electrons.